The third kappa shape index (κ3) is 2.30. The van der Waals surface area contributed by atoms with E-state index in [-0.39, 0.29) is 9.52 Å². The van der Waals surface area contributed by atoms with Gasteiger partial charge in [-0.2, -0.15) is 0 Å². The average molecular weight is 234 g/mol. The molecule has 0 heterocycles. The Hall–Kier alpha value is -1.22. The van der Waals surface area contributed by atoms with Gasteiger partial charge in [0.05, 0.1) is 23.7 Å². The molecule has 1 aromatic rings. The zero-order valence-electron chi connectivity index (χ0n) is 9.95. The molecule has 0 unspecified atom stereocenters. The van der Waals surface area contributed by atoms with E-state index in [0.29, 0.717) is 5.95 Å². The summed E-state index contributed by atoms with van der Waals surface area (Å²) >= 11 is 0. The first-order chi connectivity index (χ1) is 7.85. The Morgan fingerprint density at radius 2 is 2.12 bits per heavy atom. The minimum Gasteiger partial charge on any atom is -0.469 e. The maximum atomic E-state index is 5.07. The van der Waals surface area contributed by atoms with E-state index in [1.165, 1.54) is 12.8 Å². The van der Waals surface area contributed by atoms with E-state index in [4.69, 9.17) is 9.47 Å². The zero-order chi connectivity index (χ0) is 11.4. The van der Waals surface area contributed by atoms with Gasteiger partial charge in [-0.1, -0.05) is 23.4 Å². The van der Waals surface area contributed by atoms with Crippen LogP contribution in [-0.4, -0.2) is 23.7 Å². The van der Waals surface area contributed by atoms with E-state index >= 15 is 0 Å². The van der Waals surface area contributed by atoms with E-state index in [0.717, 1.165) is 6.04 Å². The van der Waals surface area contributed by atoms with Crippen LogP contribution < -0.4 is 5.19 Å². The van der Waals surface area contributed by atoms with Crippen molar-refractivity contribution in [2.45, 2.75) is 18.9 Å². The summed E-state index contributed by atoms with van der Waals surface area (Å²) in [6, 6.07) is 7.84. The first-order valence-corrected chi connectivity index (χ1v) is 7.43. The van der Waals surface area contributed by atoms with Crippen molar-refractivity contribution in [2.24, 2.45) is 0 Å². The maximum Gasteiger partial charge on any atom is 0.273 e. The number of benzene rings is 1. The molecule has 0 atom stereocenters. The predicted octanol–water partition coefficient (Wildman–Crippen LogP) is 1.13. The van der Waals surface area contributed by atoms with Crippen LogP contribution in [0.25, 0.3) is 0 Å². The van der Waals surface area contributed by atoms with Crippen LogP contribution >= 0.6 is 0 Å². The molecule has 1 aliphatic carbocycles. The van der Waals surface area contributed by atoms with Crippen LogP contribution in [0.15, 0.2) is 30.2 Å². The first-order valence-electron chi connectivity index (χ1n) is 5.73. The van der Waals surface area contributed by atoms with Crippen molar-refractivity contribution in [3.63, 3.8) is 0 Å². The lowest BCUT2D eigenvalue weighted by Crippen LogP contribution is -2.26. The van der Waals surface area contributed by atoms with Gasteiger partial charge in [-0.25, -0.2) is 0 Å². The Morgan fingerprint density at radius 3 is 2.75 bits per heavy atom. The summed E-state index contributed by atoms with van der Waals surface area (Å²) in [4.78, 5) is 0. The Balaban J connectivity index is 1.95. The molecule has 0 saturated carbocycles. The van der Waals surface area contributed by atoms with Gasteiger partial charge >= 0.3 is 0 Å². The standard InChI is InChI=1S/C13H18O2Si/c1-14-13(15-2)8-9-16-12-5-3-4-10-6-7-11(10)12/h3-5,8H,6-7,9,16H2,1-2H3. The number of hydrogen-bond acceptors (Lipinski definition) is 2. The highest BCUT2D eigenvalue weighted by Crippen LogP contribution is 2.19. The molecule has 1 aromatic carbocycles. The van der Waals surface area contributed by atoms with Crippen LogP contribution in [0, 0.1) is 0 Å². The molecule has 16 heavy (non-hydrogen) atoms. The van der Waals surface area contributed by atoms with E-state index in [1.54, 1.807) is 30.5 Å². The monoisotopic (exact) mass is 234 g/mol. The van der Waals surface area contributed by atoms with E-state index in [9.17, 15) is 0 Å². The largest absolute Gasteiger partial charge is 0.469 e. The maximum absolute atomic E-state index is 5.07. The Bertz CT molecular complexity index is 393. The summed E-state index contributed by atoms with van der Waals surface area (Å²) in [5.74, 6) is 0.641. The molecule has 0 saturated heterocycles. The van der Waals surface area contributed by atoms with Crippen LogP contribution in [0.3, 0.4) is 0 Å². The number of rotatable bonds is 5. The van der Waals surface area contributed by atoms with Crippen molar-refractivity contribution in [3.05, 3.63) is 41.3 Å². The molecule has 0 aliphatic heterocycles. The SMILES string of the molecule is COC(=CC[SiH2]c1cccc2c1CC2)OC. The Kier molecular flexibility index (Phi) is 3.67. The lowest BCUT2D eigenvalue weighted by molar-refractivity contribution is 0.0948. The van der Waals surface area contributed by atoms with Crippen molar-refractivity contribution in [2.75, 3.05) is 14.2 Å². The molecule has 86 valence electrons. The molecule has 0 fully saturated rings. The summed E-state index contributed by atoms with van der Waals surface area (Å²) in [6.07, 6.45) is 4.61. The highest BCUT2D eigenvalue weighted by Gasteiger charge is 2.15. The third-order valence-corrected chi connectivity index (χ3v) is 4.92. The van der Waals surface area contributed by atoms with Gasteiger partial charge in [-0.3, -0.25) is 0 Å². The molecule has 0 amide bonds. The molecular formula is C13H18O2Si. The van der Waals surface area contributed by atoms with Gasteiger partial charge < -0.3 is 9.47 Å². The van der Waals surface area contributed by atoms with Gasteiger partial charge in [0.15, 0.2) is 0 Å². The van der Waals surface area contributed by atoms with Gasteiger partial charge in [0.1, 0.15) is 0 Å². The molecular weight excluding hydrogens is 216 g/mol. The third-order valence-electron chi connectivity index (χ3n) is 3.14. The highest BCUT2D eigenvalue weighted by atomic mass is 28.2. The summed E-state index contributed by atoms with van der Waals surface area (Å²) < 4.78 is 10.1. The van der Waals surface area contributed by atoms with E-state index in [1.807, 2.05) is 0 Å². The molecule has 0 bridgehead atoms. The van der Waals surface area contributed by atoms with E-state index in [2.05, 4.69) is 24.3 Å². The normalized spacial score (nSPS) is 13.1. The predicted molar refractivity (Wildman–Crippen MR) is 68.9 cm³/mol. The lowest BCUT2D eigenvalue weighted by atomic mass is 9.89. The van der Waals surface area contributed by atoms with Crippen LogP contribution in [-0.2, 0) is 22.3 Å². The average Bonchev–Trinajstić information content (AvgIpc) is 2.27. The topological polar surface area (TPSA) is 18.5 Å². The molecule has 3 heteroatoms. The summed E-state index contributed by atoms with van der Waals surface area (Å²) in [7, 11) is 3.08. The second-order valence-electron chi connectivity index (χ2n) is 4.02. The minimum atomic E-state index is -0.208. The molecule has 1 aliphatic rings. The highest BCUT2D eigenvalue weighted by molar-refractivity contribution is 6.54. The van der Waals surface area contributed by atoms with Crippen LogP contribution in [0.2, 0.25) is 6.04 Å². The number of fused-ring (bicyclic) bond motifs is 1. The Labute approximate surface area is 99.1 Å². The van der Waals surface area contributed by atoms with Crippen molar-refractivity contribution in [1.29, 1.82) is 0 Å². The molecule has 0 N–H and O–H groups in total. The summed E-state index contributed by atoms with van der Waals surface area (Å²) in [6.45, 7) is 0. The van der Waals surface area contributed by atoms with Crippen molar-refractivity contribution >= 4 is 14.7 Å². The summed E-state index contributed by atoms with van der Waals surface area (Å²) in [5, 5.41) is 1.62. The smallest absolute Gasteiger partial charge is 0.273 e. The van der Waals surface area contributed by atoms with Gasteiger partial charge in [0, 0.05) is 0 Å². The number of methoxy groups -OCH3 is 2. The van der Waals surface area contributed by atoms with Gasteiger partial charge in [-0.05, 0) is 36.1 Å². The number of allylic oxidation sites excluding steroid dienone is 1. The van der Waals surface area contributed by atoms with Crippen molar-refractivity contribution < 1.29 is 9.47 Å². The van der Waals surface area contributed by atoms with Gasteiger partial charge in [-0.15, -0.1) is 0 Å². The van der Waals surface area contributed by atoms with E-state index < -0.39 is 0 Å². The molecule has 0 radical (unpaired) electrons. The molecule has 0 spiro atoms. The number of ether oxygens (including phenoxy) is 2. The second kappa shape index (κ2) is 5.21. The molecule has 2 nitrogen and oxygen atoms in total. The number of aryl methyl sites for hydroxylation is 1. The Morgan fingerprint density at radius 1 is 1.31 bits per heavy atom. The molecule has 2 rings (SSSR count). The van der Waals surface area contributed by atoms with Gasteiger partial charge in [0.2, 0.25) is 0 Å². The fourth-order valence-electron chi connectivity index (χ4n) is 2.16. The fraction of sp³-hybridized carbons (Fsp3) is 0.385. The summed E-state index contributed by atoms with van der Waals surface area (Å²) in [5.41, 5.74) is 3.19. The zero-order valence-corrected chi connectivity index (χ0v) is 11.4. The van der Waals surface area contributed by atoms with Crippen LogP contribution in [0.1, 0.15) is 11.1 Å². The van der Waals surface area contributed by atoms with Crippen molar-refractivity contribution in [1.82, 2.24) is 0 Å². The van der Waals surface area contributed by atoms with Gasteiger partial charge in [0.25, 0.3) is 5.95 Å². The van der Waals surface area contributed by atoms with Crippen LogP contribution in [0.5, 0.6) is 0 Å². The quantitative estimate of drug-likeness (QED) is 0.562. The minimum absolute atomic E-state index is 0.208. The molecule has 0 aromatic heterocycles. The fourth-order valence-corrected chi connectivity index (χ4v) is 3.86. The number of hydrogen-bond donors (Lipinski definition) is 0. The van der Waals surface area contributed by atoms with Crippen molar-refractivity contribution in [3.8, 4) is 0 Å². The lowest BCUT2D eigenvalue weighted by Gasteiger charge is -2.22. The second-order valence-corrected chi connectivity index (χ2v) is 5.86. The first kappa shape index (κ1) is 11.3. The van der Waals surface area contributed by atoms with Crippen LogP contribution in [0.4, 0.5) is 0 Å².